The number of benzene rings is 2. The topological polar surface area (TPSA) is 115 Å². The highest BCUT2D eigenvalue weighted by atomic mass is 32.1. The van der Waals surface area contributed by atoms with Gasteiger partial charge in [0.15, 0.2) is 5.13 Å². The molecule has 5 rings (SSSR count). The fourth-order valence-electron chi connectivity index (χ4n) is 4.89. The molecule has 0 spiro atoms. The highest BCUT2D eigenvalue weighted by Gasteiger charge is 2.48. The number of ketones is 1. The molecule has 40 heavy (non-hydrogen) atoms. The minimum Gasteiger partial charge on any atom is -0.507 e. The Hall–Kier alpha value is -4.44. The number of hydrogen-bond acceptors (Lipinski definition) is 9. The largest absolute Gasteiger partial charge is 0.507 e. The summed E-state index contributed by atoms with van der Waals surface area (Å²) in [5.74, 6) is -1.39. The lowest BCUT2D eigenvalue weighted by Crippen LogP contribution is -2.29. The van der Waals surface area contributed by atoms with Gasteiger partial charge in [0.2, 0.25) is 0 Å². The van der Waals surface area contributed by atoms with Crippen LogP contribution in [0.15, 0.2) is 60.7 Å². The maximum Gasteiger partial charge on any atom is 0.350 e. The number of aromatic nitrogens is 1. The number of amides is 1. The van der Waals surface area contributed by atoms with Gasteiger partial charge in [-0.25, -0.2) is 9.78 Å². The average Bonchev–Trinajstić information content (AvgIpc) is 3.59. The standard InChI is InChI=1S/C30H28N2O7S/c1-5-12-38-29(36)27-17(4)31-30(40-27)32-24(18-8-7-9-21(15-18)37-6-2)23(26(34)28(32)35)25(33)19-10-11-22-20(14-19)13-16(3)39-22/h5,7-11,14-16,24,33H,1,6,12-13H2,2-4H3/b25-23+/t16-,24+/m1/s1. The number of aliphatic hydroxyl groups excluding tert-OH is 1. The zero-order valence-corrected chi connectivity index (χ0v) is 23.1. The molecule has 0 radical (unpaired) electrons. The number of rotatable bonds is 8. The molecule has 9 nitrogen and oxygen atoms in total. The predicted octanol–water partition coefficient (Wildman–Crippen LogP) is 5.14. The second-order valence-corrected chi connectivity index (χ2v) is 10.4. The summed E-state index contributed by atoms with van der Waals surface area (Å²) in [6.07, 6.45) is 2.11. The van der Waals surface area contributed by atoms with Gasteiger partial charge in [0.05, 0.1) is 23.9 Å². The van der Waals surface area contributed by atoms with Crippen molar-refractivity contribution >= 4 is 39.9 Å². The number of ether oxygens (including phenoxy) is 3. The third-order valence-corrected chi connectivity index (χ3v) is 7.74. The van der Waals surface area contributed by atoms with Gasteiger partial charge in [-0.1, -0.05) is 36.1 Å². The number of hydrogen-bond donors (Lipinski definition) is 1. The van der Waals surface area contributed by atoms with E-state index in [4.69, 9.17) is 14.2 Å². The fourth-order valence-corrected chi connectivity index (χ4v) is 5.87. The summed E-state index contributed by atoms with van der Waals surface area (Å²) in [5, 5.41) is 11.7. The molecule has 3 aromatic rings. The quantitative estimate of drug-likeness (QED) is 0.132. The van der Waals surface area contributed by atoms with Crippen LogP contribution in [0.1, 0.15) is 51.9 Å². The van der Waals surface area contributed by atoms with E-state index in [0.717, 1.165) is 22.6 Å². The first-order chi connectivity index (χ1) is 19.2. The first-order valence-electron chi connectivity index (χ1n) is 12.8. The molecule has 1 fully saturated rings. The van der Waals surface area contributed by atoms with E-state index in [9.17, 15) is 19.5 Å². The summed E-state index contributed by atoms with van der Waals surface area (Å²) in [4.78, 5) is 45.6. The molecule has 0 saturated carbocycles. The third-order valence-electron chi connectivity index (χ3n) is 6.61. The van der Waals surface area contributed by atoms with Crippen molar-refractivity contribution in [3.05, 3.63) is 88.0 Å². The average molecular weight is 561 g/mol. The van der Waals surface area contributed by atoms with Crippen molar-refractivity contribution in [2.24, 2.45) is 0 Å². The van der Waals surface area contributed by atoms with Gasteiger partial charge < -0.3 is 19.3 Å². The molecule has 10 heteroatoms. The van der Waals surface area contributed by atoms with Gasteiger partial charge in [0, 0.05) is 12.0 Å². The molecular formula is C30H28N2O7S. The number of thiazole rings is 1. The van der Waals surface area contributed by atoms with Gasteiger partial charge in [-0.3, -0.25) is 14.5 Å². The first kappa shape index (κ1) is 27.1. The van der Waals surface area contributed by atoms with E-state index in [1.807, 2.05) is 13.8 Å². The molecule has 2 atom stereocenters. The number of carbonyl (C=O) groups excluding carboxylic acids is 3. The zero-order chi connectivity index (χ0) is 28.6. The second-order valence-electron chi connectivity index (χ2n) is 9.43. The van der Waals surface area contributed by atoms with Gasteiger partial charge in [0.1, 0.15) is 34.8 Å². The maximum atomic E-state index is 13.6. The minimum absolute atomic E-state index is 0.000195. The Kier molecular flexibility index (Phi) is 7.44. The normalized spacial score (nSPS) is 19.3. The lowest BCUT2D eigenvalue weighted by Gasteiger charge is -2.23. The number of anilines is 1. The van der Waals surface area contributed by atoms with E-state index in [1.165, 1.54) is 11.0 Å². The van der Waals surface area contributed by atoms with Crippen molar-refractivity contribution < 1.29 is 33.7 Å². The molecule has 0 unspecified atom stereocenters. The molecule has 1 N–H and O–H groups in total. The van der Waals surface area contributed by atoms with Crippen LogP contribution in [0.4, 0.5) is 5.13 Å². The number of nitrogens with zero attached hydrogens (tertiary/aromatic N) is 2. The maximum absolute atomic E-state index is 13.6. The molecule has 1 aromatic heterocycles. The van der Waals surface area contributed by atoms with Crippen LogP contribution < -0.4 is 14.4 Å². The Balaban J connectivity index is 1.65. The van der Waals surface area contributed by atoms with Crippen molar-refractivity contribution in [1.82, 2.24) is 4.98 Å². The minimum atomic E-state index is -1.02. The lowest BCUT2D eigenvalue weighted by atomic mass is 9.94. The highest BCUT2D eigenvalue weighted by molar-refractivity contribution is 7.17. The molecule has 1 saturated heterocycles. The van der Waals surface area contributed by atoms with Crippen LogP contribution >= 0.6 is 11.3 Å². The van der Waals surface area contributed by atoms with E-state index in [0.29, 0.717) is 35.6 Å². The highest BCUT2D eigenvalue weighted by Crippen LogP contribution is 2.45. The third kappa shape index (κ3) is 4.86. The molecular weight excluding hydrogens is 532 g/mol. The van der Waals surface area contributed by atoms with Crippen molar-refractivity contribution in [3.63, 3.8) is 0 Å². The van der Waals surface area contributed by atoms with Crippen LogP contribution in [-0.4, -0.2) is 47.1 Å². The Labute approximate surface area is 235 Å². The Morgan fingerprint density at radius 3 is 2.83 bits per heavy atom. The molecule has 0 aliphatic carbocycles. The predicted molar refractivity (Wildman–Crippen MR) is 150 cm³/mol. The monoisotopic (exact) mass is 560 g/mol. The Morgan fingerprint density at radius 2 is 2.08 bits per heavy atom. The smallest absolute Gasteiger partial charge is 0.350 e. The van der Waals surface area contributed by atoms with Gasteiger partial charge >= 0.3 is 11.9 Å². The number of carbonyl (C=O) groups is 3. The number of aryl methyl sites for hydroxylation is 1. The summed E-state index contributed by atoms with van der Waals surface area (Å²) in [7, 11) is 0. The number of fused-ring (bicyclic) bond motifs is 1. The summed E-state index contributed by atoms with van der Waals surface area (Å²) in [5.41, 5.74) is 2.09. The number of aliphatic hydroxyl groups is 1. The SMILES string of the molecule is C=CCOC(=O)c1sc(N2C(=O)C(=O)/C(=C(/O)c3ccc4c(c3)C[C@@H](C)O4)[C@@H]2c2cccc(OCC)c2)nc1C. The van der Waals surface area contributed by atoms with E-state index in [-0.39, 0.29) is 34.1 Å². The molecule has 1 amide bonds. The summed E-state index contributed by atoms with van der Waals surface area (Å²) < 4.78 is 16.6. The van der Waals surface area contributed by atoms with Crippen LogP contribution in [0, 0.1) is 6.92 Å². The van der Waals surface area contributed by atoms with Crippen molar-refractivity contribution in [1.29, 1.82) is 0 Å². The summed E-state index contributed by atoms with van der Waals surface area (Å²) >= 11 is 0.941. The first-order valence-corrected chi connectivity index (χ1v) is 13.6. The van der Waals surface area contributed by atoms with Crippen LogP contribution in [0.2, 0.25) is 0 Å². The van der Waals surface area contributed by atoms with Crippen molar-refractivity contribution in [2.75, 3.05) is 18.1 Å². The number of esters is 1. The Bertz CT molecular complexity index is 1560. The molecule has 2 aliphatic heterocycles. The van der Waals surface area contributed by atoms with Crippen LogP contribution in [0.5, 0.6) is 11.5 Å². The summed E-state index contributed by atoms with van der Waals surface area (Å²) in [6.45, 7) is 9.41. The van der Waals surface area contributed by atoms with E-state index in [2.05, 4.69) is 11.6 Å². The van der Waals surface area contributed by atoms with E-state index >= 15 is 0 Å². The molecule has 2 aliphatic rings. The van der Waals surface area contributed by atoms with Crippen LogP contribution in [0.3, 0.4) is 0 Å². The van der Waals surface area contributed by atoms with Gasteiger partial charge in [-0.2, -0.15) is 0 Å². The van der Waals surface area contributed by atoms with Gasteiger partial charge in [-0.15, -0.1) is 0 Å². The van der Waals surface area contributed by atoms with Gasteiger partial charge in [-0.05, 0) is 62.2 Å². The summed E-state index contributed by atoms with van der Waals surface area (Å²) in [6, 6.07) is 11.1. The van der Waals surface area contributed by atoms with Crippen molar-refractivity contribution in [3.8, 4) is 11.5 Å². The fraction of sp³-hybridized carbons (Fsp3) is 0.267. The van der Waals surface area contributed by atoms with E-state index < -0.39 is 23.7 Å². The molecule has 2 aromatic carbocycles. The van der Waals surface area contributed by atoms with Crippen molar-refractivity contribution in [2.45, 2.75) is 39.3 Å². The van der Waals surface area contributed by atoms with Crippen LogP contribution in [-0.2, 0) is 20.7 Å². The number of Topliss-reactive ketones (excluding diaryl/α,β-unsaturated/α-hetero) is 1. The van der Waals surface area contributed by atoms with E-state index in [1.54, 1.807) is 49.4 Å². The van der Waals surface area contributed by atoms with Gasteiger partial charge in [0.25, 0.3) is 5.78 Å². The second kappa shape index (κ2) is 11.0. The Morgan fingerprint density at radius 1 is 1.27 bits per heavy atom. The zero-order valence-electron chi connectivity index (χ0n) is 22.3. The lowest BCUT2D eigenvalue weighted by molar-refractivity contribution is -0.132. The van der Waals surface area contributed by atoms with Crippen LogP contribution in [0.25, 0.3) is 5.76 Å². The molecule has 3 heterocycles. The molecule has 206 valence electrons. The molecule has 0 bridgehead atoms.